The van der Waals surface area contributed by atoms with Gasteiger partial charge in [0, 0.05) is 19.1 Å². The number of hydrogen-bond acceptors (Lipinski definition) is 12. The van der Waals surface area contributed by atoms with E-state index in [-0.39, 0.29) is 52.4 Å². The number of nitrogens with one attached hydrogen (secondary N) is 3. The van der Waals surface area contributed by atoms with Crippen LogP contribution in [0, 0.1) is 34.1 Å². The number of anilines is 1. The van der Waals surface area contributed by atoms with Crippen LogP contribution in [-0.2, 0) is 9.47 Å². The molecule has 16 nitrogen and oxygen atoms in total. The molecular formula is C24H45ClN8O8. The largest absolute Gasteiger partial charge is 0.379 e. The Hall–Kier alpha value is -3.47. The Bertz CT molecular complexity index is 1220. The molecular weight excluding hydrogens is 564 g/mol. The molecule has 236 valence electrons. The molecule has 4 rings (SSSR count). The minimum Gasteiger partial charge on any atom is -0.379 e. The molecule has 0 saturated carbocycles. The van der Waals surface area contributed by atoms with Gasteiger partial charge in [0.25, 0.3) is 0 Å². The monoisotopic (exact) mass is 608 g/mol. The highest BCUT2D eigenvalue weighted by atomic mass is 35.5. The maximum absolute atomic E-state index is 11.7. The Balaban J connectivity index is -0.000000549. The third kappa shape index (κ3) is 12.3. The minimum absolute atomic E-state index is 0. The summed E-state index contributed by atoms with van der Waals surface area (Å²) in [5.41, 5.74) is -2.50. The Morgan fingerprint density at radius 1 is 0.878 bits per heavy atom. The molecule has 2 atom stereocenters. The summed E-state index contributed by atoms with van der Waals surface area (Å²) in [6.45, 7) is 11.3. The summed E-state index contributed by atoms with van der Waals surface area (Å²) in [6.07, 6.45) is 0. The first kappa shape index (κ1) is 42.0. The lowest BCUT2D eigenvalue weighted by Gasteiger charge is -2.33. The molecule has 2 aromatic rings. The molecule has 2 saturated heterocycles. The van der Waals surface area contributed by atoms with E-state index in [9.17, 15) is 29.8 Å². The second-order valence-electron chi connectivity index (χ2n) is 8.18. The number of aromatic nitrogens is 4. The molecule has 2 aromatic heterocycles. The lowest BCUT2D eigenvalue weighted by atomic mass is 10.2. The third-order valence-electron chi connectivity index (χ3n) is 5.21. The molecule has 0 aliphatic carbocycles. The number of hydrogen-bond donors (Lipinski definition) is 3. The molecule has 3 N–H and O–H groups in total. The Kier molecular flexibility index (Phi) is 20.1. The predicted molar refractivity (Wildman–Crippen MR) is 160 cm³/mol. The number of nitro groups is 2. The van der Waals surface area contributed by atoms with Gasteiger partial charge in [0.1, 0.15) is 11.4 Å². The molecule has 2 fully saturated rings. The van der Waals surface area contributed by atoms with Gasteiger partial charge in [-0.3, -0.25) is 39.8 Å². The summed E-state index contributed by atoms with van der Waals surface area (Å²) in [6, 6.07) is 0.636. The fraction of sp³-hybridized carbons (Fsp3) is 0.667. The SMILES string of the molecule is C.C.C.C.C[C@H]1COCCN1.Cc1nc(Cl)[nH]c(=O)c1[N+](=O)[O-].Cc1nc(N2CCOC[C@@H]2C)[nH]c(=O)c1[N+](=O)[O-]. The lowest BCUT2D eigenvalue weighted by Crippen LogP contribution is -2.45. The second-order valence-corrected chi connectivity index (χ2v) is 8.53. The Labute approximate surface area is 245 Å². The molecule has 0 radical (unpaired) electrons. The van der Waals surface area contributed by atoms with Crippen molar-refractivity contribution in [3.8, 4) is 0 Å². The van der Waals surface area contributed by atoms with Crippen molar-refractivity contribution in [1.82, 2.24) is 25.3 Å². The van der Waals surface area contributed by atoms with Gasteiger partial charge < -0.3 is 19.7 Å². The maximum atomic E-state index is 11.7. The summed E-state index contributed by atoms with van der Waals surface area (Å²) in [4.78, 5) is 56.0. The standard InChI is InChI=1S/C10H14N4O4.C5H4ClN3O3.C5H11NO.4CH4/c1-6-5-18-4-3-13(6)10-11-7(2)8(14(16)17)9(15)12-10;1-2-3(9(11)12)4(10)8-5(6)7-2;1-5-4-7-3-2-6-5;;;;/h6H,3-5H2,1-2H3,(H,11,12,15);1H3,(H,7,8,10);5-6H,2-4H2,1H3;4*1H4/t6-;;5-;;;;/m0.0..../s1. The molecule has 2 aliphatic rings. The molecule has 17 heteroatoms. The highest BCUT2D eigenvalue weighted by Gasteiger charge is 2.25. The number of ether oxygens (including phenoxy) is 2. The Morgan fingerprint density at radius 3 is 1.78 bits per heavy atom. The average molecular weight is 609 g/mol. The van der Waals surface area contributed by atoms with Crippen molar-refractivity contribution in [2.24, 2.45) is 0 Å². The van der Waals surface area contributed by atoms with Crippen LogP contribution in [0.15, 0.2) is 9.59 Å². The molecule has 0 unspecified atom stereocenters. The van der Waals surface area contributed by atoms with Crippen LogP contribution in [-0.4, -0.2) is 81.4 Å². The van der Waals surface area contributed by atoms with Gasteiger partial charge in [-0.1, -0.05) is 29.7 Å². The first-order chi connectivity index (χ1) is 17.4. The first-order valence-corrected chi connectivity index (χ1v) is 11.6. The van der Waals surface area contributed by atoms with E-state index < -0.39 is 32.3 Å². The zero-order valence-electron chi connectivity index (χ0n) is 20.8. The summed E-state index contributed by atoms with van der Waals surface area (Å²) < 4.78 is 10.4. The predicted octanol–water partition coefficient (Wildman–Crippen LogP) is 3.39. The van der Waals surface area contributed by atoms with Crippen molar-refractivity contribution in [3.63, 3.8) is 0 Å². The first-order valence-electron chi connectivity index (χ1n) is 11.2. The quantitative estimate of drug-likeness (QED) is 0.260. The number of nitrogens with zero attached hydrogens (tertiary/aromatic N) is 5. The number of H-pyrrole nitrogens is 2. The van der Waals surface area contributed by atoms with Gasteiger partial charge in [0.15, 0.2) is 0 Å². The van der Waals surface area contributed by atoms with E-state index in [1.165, 1.54) is 13.8 Å². The van der Waals surface area contributed by atoms with Crippen LogP contribution < -0.4 is 21.3 Å². The zero-order valence-corrected chi connectivity index (χ0v) is 21.5. The van der Waals surface area contributed by atoms with E-state index in [1.54, 1.807) is 0 Å². The van der Waals surface area contributed by atoms with Crippen molar-refractivity contribution in [2.75, 3.05) is 44.4 Å². The van der Waals surface area contributed by atoms with Gasteiger partial charge in [-0.05, 0) is 39.3 Å². The molecule has 0 spiro atoms. The highest BCUT2D eigenvalue weighted by molar-refractivity contribution is 6.28. The van der Waals surface area contributed by atoms with Gasteiger partial charge in [-0.2, -0.15) is 0 Å². The third-order valence-corrected chi connectivity index (χ3v) is 5.39. The zero-order chi connectivity index (χ0) is 27.7. The fourth-order valence-electron chi connectivity index (χ4n) is 3.41. The summed E-state index contributed by atoms with van der Waals surface area (Å²) in [7, 11) is 0. The molecule has 0 amide bonds. The van der Waals surface area contributed by atoms with Gasteiger partial charge in [0.2, 0.25) is 11.2 Å². The topological polar surface area (TPSA) is 212 Å². The molecule has 0 aromatic carbocycles. The van der Waals surface area contributed by atoms with Gasteiger partial charge in [-0.15, -0.1) is 0 Å². The van der Waals surface area contributed by atoms with Crippen LogP contribution >= 0.6 is 11.6 Å². The fourth-order valence-corrected chi connectivity index (χ4v) is 3.63. The number of aryl methyl sites for hydroxylation is 2. The van der Waals surface area contributed by atoms with E-state index in [4.69, 9.17) is 21.1 Å². The smallest absolute Gasteiger partial charge is 0.354 e. The van der Waals surface area contributed by atoms with Crippen LogP contribution in [0.4, 0.5) is 17.3 Å². The average Bonchev–Trinajstić information content (AvgIpc) is 2.79. The summed E-state index contributed by atoms with van der Waals surface area (Å²) in [5.74, 6) is 0.360. The second kappa shape index (κ2) is 19.6. The van der Waals surface area contributed by atoms with E-state index in [0.29, 0.717) is 31.7 Å². The van der Waals surface area contributed by atoms with Crippen LogP contribution in [0.25, 0.3) is 0 Å². The molecule has 4 heterocycles. The maximum Gasteiger partial charge on any atom is 0.354 e. The van der Waals surface area contributed by atoms with E-state index in [1.807, 2.05) is 16.8 Å². The van der Waals surface area contributed by atoms with Gasteiger partial charge >= 0.3 is 22.5 Å². The minimum atomic E-state index is -0.836. The van der Waals surface area contributed by atoms with Crippen molar-refractivity contribution in [2.45, 2.75) is 69.5 Å². The van der Waals surface area contributed by atoms with Crippen molar-refractivity contribution in [3.05, 3.63) is 57.6 Å². The summed E-state index contributed by atoms with van der Waals surface area (Å²) >= 11 is 5.34. The van der Waals surface area contributed by atoms with Crippen LogP contribution in [0.5, 0.6) is 0 Å². The van der Waals surface area contributed by atoms with Crippen LogP contribution in [0.2, 0.25) is 5.28 Å². The molecule has 2 aliphatic heterocycles. The number of morpholine rings is 2. The van der Waals surface area contributed by atoms with Gasteiger partial charge in [0.05, 0.1) is 42.3 Å². The summed E-state index contributed by atoms with van der Waals surface area (Å²) in [5, 5.41) is 24.1. The van der Waals surface area contributed by atoms with Crippen LogP contribution in [0.3, 0.4) is 0 Å². The highest BCUT2D eigenvalue weighted by Crippen LogP contribution is 2.17. The van der Waals surface area contributed by atoms with Crippen molar-refractivity contribution in [1.29, 1.82) is 0 Å². The van der Waals surface area contributed by atoms with E-state index in [2.05, 4.69) is 27.2 Å². The van der Waals surface area contributed by atoms with Gasteiger partial charge in [-0.25, -0.2) is 9.97 Å². The number of aromatic amines is 2. The van der Waals surface area contributed by atoms with E-state index >= 15 is 0 Å². The lowest BCUT2D eigenvalue weighted by molar-refractivity contribution is -0.387. The van der Waals surface area contributed by atoms with Crippen molar-refractivity contribution < 1.29 is 19.3 Å². The van der Waals surface area contributed by atoms with E-state index in [0.717, 1.165) is 19.8 Å². The number of rotatable bonds is 3. The Morgan fingerprint density at radius 2 is 1.39 bits per heavy atom. The normalized spacial score (nSPS) is 17.2. The molecule has 0 bridgehead atoms. The van der Waals surface area contributed by atoms with Crippen molar-refractivity contribution >= 4 is 28.9 Å². The molecule has 41 heavy (non-hydrogen) atoms. The number of halogens is 1. The van der Waals surface area contributed by atoms with Crippen LogP contribution in [0.1, 0.15) is 54.9 Å².